The van der Waals surface area contributed by atoms with Crippen molar-refractivity contribution in [3.05, 3.63) is 0 Å². The van der Waals surface area contributed by atoms with Crippen LogP contribution in [0.4, 0.5) is 0 Å². The van der Waals surface area contributed by atoms with Gasteiger partial charge in [0.05, 0.1) is 6.61 Å². The van der Waals surface area contributed by atoms with E-state index in [1.54, 1.807) is 0 Å². The Balaban J connectivity index is 2.59. The van der Waals surface area contributed by atoms with Gasteiger partial charge in [-0.1, -0.05) is 13.8 Å². The lowest BCUT2D eigenvalue weighted by atomic mass is 9.95. The van der Waals surface area contributed by atoms with Crippen LogP contribution in [-0.2, 0) is 9.53 Å². The molecule has 2 unspecified atom stereocenters. The molecule has 0 N–H and O–H groups in total. The Kier molecular flexibility index (Phi) is 5.42. The highest BCUT2D eigenvalue weighted by Gasteiger charge is 2.30. The SMILES string of the molecule is CCOCC(C(C)C)N1CCC(=O)CC1C. The number of ether oxygens (including phenoxy) is 1. The lowest BCUT2D eigenvalue weighted by Crippen LogP contribution is -2.51. The summed E-state index contributed by atoms with van der Waals surface area (Å²) >= 11 is 0. The van der Waals surface area contributed by atoms with Crippen LogP contribution in [0.5, 0.6) is 0 Å². The number of hydrogen-bond acceptors (Lipinski definition) is 3. The second-order valence-corrected chi connectivity index (χ2v) is 5.05. The van der Waals surface area contributed by atoms with Gasteiger partial charge in [-0.3, -0.25) is 9.69 Å². The van der Waals surface area contributed by atoms with Crippen molar-refractivity contribution in [2.24, 2.45) is 5.92 Å². The van der Waals surface area contributed by atoms with E-state index in [1.165, 1.54) is 0 Å². The Labute approximate surface area is 99.1 Å². The van der Waals surface area contributed by atoms with E-state index < -0.39 is 0 Å². The monoisotopic (exact) mass is 227 g/mol. The molecule has 3 nitrogen and oxygen atoms in total. The molecule has 0 amide bonds. The zero-order valence-corrected chi connectivity index (χ0v) is 11.0. The molecule has 0 aromatic carbocycles. The number of carbonyl (C=O) groups excluding carboxylic acids is 1. The van der Waals surface area contributed by atoms with Crippen LogP contribution in [0.2, 0.25) is 0 Å². The number of hydrogen-bond donors (Lipinski definition) is 0. The van der Waals surface area contributed by atoms with Gasteiger partial charge in [0, 0.05) is 38.1 Å². The van der Waals surface area contributed by atoms with E-state index in [0.717, 1.165) is 19.8 Å². The third-order valence-corrected chi connectivity index (χ3v) is 3.43. The fraction of sp³-hybridized carbons (Fsp3) is 0.923. The topological polar surface area (TPSA) is 29.5 Å². The van der Waals surface area contributed by atoms with E-state index in [9.17, 15) is 4.79 Å². The Hall–Kier alpha value is -0.410. The molecule has 1 aliphatic heterocycles. The molecule has 0 saturated carbocycles. The molecule has 94 valence electrons. The van der Waals surface area contributed by atoms with E-state index in [0.29, 0.717) is 36.6 Å². The zero-order chi connectivity index (χ0) is 12.1. The van der Waals surface area contributed by atoms with Gasteiger partial charge in [-0.05, 0) is 19.8 Å². The molecule has 1 rings (SSSR count). The van der Waals surface area contributed by atoms with E-state index >= 15 is 0 Å². The summed E-state index contributed by atoms with van der Waals surface area (Å²) in [6, 6.07) is 0.817. The van der Waals surface area contributed by atoms with Crippen molar-refractivity contribution in [1.29, 1.82) is 0 Å². The van der Waals surface area contributed by atoms with Crippen molar-refractivity contribution < 1.29 is 9.53 Å². The lowest BCUT2D eigenvalue weighted by molar-refractivity contribution is -0.124. The molecule has 0 aromatic rings. The van der Waals surface area contributed by atoms with Crippen molar-refractivity contribution >= 4 is 5.78 Å². The molecule has 0 radical (unpaired) electrons. The maximum atomic E-state index is 11.4. The predicted molar refractivity (Wildman–Crippen MR) is 65.5 cm³/mol. The summed E-state index contributed by atoms with van der Waals surface area (Å²) in [5, 5.41) is 0. The number of piperidine rings is 1. The number of carbonyl (C=O) groups is 1. The first-order valence-corrected chi connectivity index (χ1v) is 6.41. The molecule has 1 aliphatic rings. The molecule has 0 bridgehead atoms. The van der Waals surface area contributed by atoms with Crippen LogP contribution in [0.1, 0.15) is 40.5 Å². The van der Waals surface area contributed by atoms with Gasteiger partial charge in [0.1, 0.15) is 5.78 Å². The van der Waals surface area contributed by atoms with Crippen LogP contribution in [0.15, 0.2) is 0 Å². The zero-order valence-electron chi connectivity index (χ0n) is 11.0. The Morgan fingerprint density at radius 3 is 2.69 bits per heavy atom. The number of Topliss-reactive ketones (excluding diaryl/α,β-unsaturated/α-hetero) is 1. The van der Waals surface area contributed by atoms with Crippen LogP contribution in [0.25, 0.3) is 0 Å². The summed E-state index contributed by atoms with van der Waals surface area (Å²) in [4.78, 5) is 13.8. The third-order valence-electron chi connectivity index (χ3n) is 3.43. The van der Waals surface area contributed by atoms with Crippen molar-refractivity contribution in [2.45, 2.75) is 52.6 Å². The van der Waals surface area contributed by atoms with E-state index in [-0.39, 0.29) is 0 Å². The van der Waals surface area contributed by atoms with Crippen LogP contribution in [0.3, 0.4) is 0 Å². The van der Waals surface area contributed by atoms with Crippen molar-refractivity contribution in [3.63, 3.8) is 0 Å². The van der Waals surface area contributed by atoms with Gasteiger partial charge in [-0.25, -0.2) is 0 Å². The second-order valence-electron chi connectivity index (χ2n) is 5.05. The summed E-state index contributed by atoms with van der Waals surface area (Å²) in [5.74, 6) is 0.977. The summed E-state index contributed by atoms with van der Waals surface area (Å²) in [6.07, 6.45) is 1.41. The third kappa shape index (κ3) is 3.56. The largest absolute Gasteiger partial charge is 0.380 e. The summed E-state index contributed by atoms with van der Waals surface area (Å²) in [6.45, 7) is 11.1. The lowest BCUT2D eigenvalue weighted by Gasteiger charge is -2.40. The van der Waals surface area contributed by atoms with Gasteiger partial charge in [-0.15, -0.1) is 0 Å². The minimum Gasteiger partial charge on any atom is -0.380 e. The molecular weight excluding hydrogens is 202 g/mol. The quantitative estimate of drug-likeness (QED) is 0.720. The molecule has 3 heteroatoms. The smallest absolute Gasteiger partial charge is 0.135 e. The van der Waals surface area contributed by atoms with E-state index in [2.05, 4.69) is 25.7 Å². The molecule has 1 heterocycles. The van der Waals surface area contributed by atoms with Gasteiger partial charge >= 0.3 is 0 Å². The minimum atomic E-state index is 0.370. The molecule has 0 spiro atoms. The summed E-state index contributed by atoms with van der Waals surface area (Å²) in [5.41, 5.74) is 0. The van der Waals surface area contributed by atoms with Crippen LogP contribution in [-0.4, -0.2) is 42.5 Å². The molecule has 16 heavy (non-hydrogen) atoms. The van der Waals surface area contributed by atoms with E-state index in [1.807, 2.05) is 6.92 Å². The minimum absolute atomic E-state index is 0.370. The van der Waals surface area contributed by atoms with Gasteiger partial charge in [0.25, 0.3) is 0 Å². The Morgan fingerprint density at radius 1 is 1.50 bits per heavy atom. The van der Waals surface area contributed by atoms with Gasteiger partial charge < -0.3 is 4.74 Å². The summed E-state index contributed by atoms with van der Waals surface area (Å²) in [7, 11) is 0. The first kappa shape index (κ1) is 13.7. The maximum absolute atomic E-state index is 11.4. The van der Waals surface area contributed by atoms with E-state index in [4.69, 9.17) is 4.74 Å². The van der Waals surface area contributed by atoms with Gasteiger partial charge in [-0.2, -0.15) is 0 Å². The maximum Gasteiger partial charge on any atom is 0.135 e. The molecule has 1 saturated heterocycles. The highest BCUT2D eigenvalue weighted by Crippen LogP contribution is 2.21. The average Bonchev–Trinajstić information content (AvgIpc) is 2.20. The average molecular weight is 227 g/mol. The summed E-state index contributed by atoms with van der Waals surface area (Å²) < 4.78 is 5.56. The fourth-order valence-corrected chi connectivity index (χ4v) is 2.43. The Morgan fingerprint density at radius 2 is 2.19 bits per heavy atom. The number of ketones is 1. The highest BCUT2D eigenvalue weighted by molar-refractivity contribution is 5.79. The predicted octanol–water partition coefficient (Wildman–Crippen LogP) is 2.10. The van der Waals surface area contributed by atoms with Crippen LogP contribution < -0.4 is 0 Å². The van der Waals surface area contributed by atoms with Crippen molar-refractivity contribution in [2.75, 3.05) is 19.8 Å². The van der Waals surface area contributed by atoms with Crippen LogP contribution in [0, 0.1) is 5.92 Å². The second kappa shape index (κ2) is 6.36. The molecule has 2 atom stereocenters. The van der Waals surface area contributed by atoms with Gasteiger partial charge in [0.15, 0.2) is 0 Å². The standard InChI is InChI=1S/C13H25NO2/c1-5-16-9-13(10(2)3)14-7-6-12(15)8-11(14)4/h10-11,13H,5-9H2,1-4H3. The first-order valence-electron chi connectivity index (χ1n) is 6.41. The molecule has 1 fully saturated rings. The van der Waals surface area contributed by atoms with Crippen molar-refractivity contribution in [3.8, 4) is 0 Å². The number of rotatable bonds is 5. The highest BCUT2D eigenvalue weighted by atomic mass is 16.5. The Bertz CT molecular complexity index is 228. The fourth-order valence-electron chi connectivity index (χ4n) is 2.43. The number of likely N-dealkylation sites (tertiary alicyclic amines) is 1. The van der Waals surface area contributed by atoms with Crippen molar-refractivity contribution in [1.82, 2.24) is 4.90 Å². The molecule has 0 aliphatic carbocycles. The van der Waals surface area contributed by atoms with Crippen LogP contribution >= 0.6 is 0 Å². The molecular formula is C13H25NO2. The normalized spacial score (nSPS) is 25.1. The first-order chi connectivity index (χ1) is 7.56. The molecule has 0 aromatic heterocycles. The van der Waals surface area contributed by atoms with Gasteiger partial charge in [0.2, 0.25) is 0 Å². The number of nitrogens with zero attached hydrogens (tertiary/aromatic N) is 1.